The zero-order chi connectivity index (χ0) is 26.7. The van der Waals surface area contributed by atoms with Crippen LogP contribution in [-0.2, 0) is 10.0 Å². The molecule has 4 aromatic rings. The predicted octanol–water partition coefficient (Wildman–Crippen LogP) is 5.03. The van der Waals surface area contributed by atoms with Crippen molar-refractivity contribution in [2.45, 2.75) is 11.8 Å². The minimum atomic E-state index is -3.69. The van der Waals surface area contributed by atoms with Gasteiger partial charge in [-0.15, -0.1) is 12.4 Å². The van der Waals surface area contributed by atoms with Crippen LogP contribution in [0.2, 0.25) is 5.02 Å². The highest BCUT2D eigenvalue weighted by atomic mass is 35.5. The van der Waals surface area contributed by atoms with Crippen molar-refractivity contribution in [3.05, 3.63) is 82.9 Å². The Morgan fingerprint density at radius 3 is 2.36 bits per heavy atom. The number of benzene rings is 3. The number of fused-ring (bicyclic) bond motifs is 1. The first-order chi connectivity index (χ1) is 18.3. The van der Waals surface area contributed by atoms with Crippen molar-refractivity contribution in [2.75, 3.05) is 48.9 Å². The van der Waals surface area contributed by atoms with E-state index in [2.05, 4.69) is 19.8 Å². The van der Waals surface area contributed by atoms with Crippen molar-refractivity contribution < 1.29 is 13.2 Å². The average molecular weight is 607 g/mol. The van der Waals surface area contributed by atoms with Crippen LogP contribution in [-0.4, -0.2) is 63.5 Å². The summed E-state index contributed by atoms with van der Waals surface area (Å²) in [6.07, 6.45) is 0. The predicted molar refractivity (Wildman–Crippen MR) is 161 cm³/mol. The van der Waals surface area contributed by atoms with E-state index < -0.39 is 10.0 Å². The molecule has 1 aromatic heterocycles. The molecule has 2 N–H and O–H groups in total. The molecule has 2 heterocycles. The molecule has 0 spiro atoms. The van der Waals surface area contributed by atoms with E-state index in [1.807, 2.05) is 25.1 Å². The number of halogens is 2. The van der Waals surface area contributed by atoms with Gasteiger partial charge in [0, 0.05) is 50.5 Å². The maximum Gasteiger partial charge on any atom is 0.261 e. The highest BCUT2D eigenvalue weighted by molar-refractivity contribution is 7.92. The maximum atomic E-state index is 12.6. The molecule has 0 aliphatic carbocycles. The Morgan fingerprint density at radius 1 is 1.00 bits per heavy atom. The fourth-order valence-corrected chi connectivity index (χ4v) is 6.63. The van der Waals surface area contributed by atoms with Gasteiger partial charge >= 0.3 is 0 Å². The van der Waals surface area contributed by atoms with Gasteiger partial charge in [0.25, 0.3) is 15.9 Å². The van der Waals surface area contributed by atoms with Crippen LogP contribution in [0.25, 0.3) is 10.2 Å². The molecule has 1 fully saturated rings. The van der Waals surface area contributed by atoms with Gasteiger partial charge in [-0.1, -0.05) is 46.7 Å². The molecular formula is C27H29Cl2N5O3S2. The molecule has 0 unspecified atom stereocenters. The number of para-hydroxylation sites is 1. The van der Waals surface area contributed by atoms with E-state index in [4.69, 9.17) is 16.6 Å². The molecule has 1 aliphatic rings. The first-order valence-corrected chi connectivity index (χ1v) is 15.0. The number of anilines is 2. The SMILES string of the molecule is Cc1ccc(S(=O)(=O)Nc2ccc(C(=O)NCCN3CCN(c4nc5c(Cl)cccc5s4)CC3)cc2)cc1.Cl. The third-order valence-corrected chi connectivity index (χ3v) is 9.23. The van der Waals surface area contributed by atoms with Crippen molar-refractivity contribution in [3.8, 4) is 0 Å². The summed E-state index contributed by atoms with van der Waals surface area (Å²) >= 11 is 7.93. The van der Waals surface area contributed by atoms with Crippen LogP contribution in [0.5, 0.6) is 0 Å². The fourth-order valence-electron chi connectivity index (χ4n) is 4.25. The van der Waals surface area contributed by atoms with Gasteiger partial charge in [-0.05, 0) is 55.5 Å². The summed E-state index contributed by atoms with van der Waals surface area (Å²) in [5, 5.41) is 4.62. The number of sulfonamides is 1. The first kappa shape index (κ1) is 29.1. The molecule has 1 amide bonds. The average Bonchev–Trinajstić information content (AvgIpc) is 3.35. The van der Waals surface area contributed by atoms with Crippen LogP contribution in [0.4, 0.5) is 10.8 Å². The van der Waals surface area contributed by atoms with E-state index in [-0.39, 0.29) is 23.2 Å². The lowest BCUT2D eigenvalue weighted by Crippen LogP contribution is -2.48. The molecule has 1 saturated heterocycles. The number of nitrogens with zero attached hydrogens (tertiary/aromatic N) is 3. The van der Waals surface area contributed by atoms with Gasteiger partial charge in [0.2, 0.25) is 0 Å². The van der Waals surface area contributed by atoms with Gasteiger partial charge in [0.1, 0.15) is 5.52 Å². The minimum absolute atomic E-state index is 0. The van der Waals surface area contributed by atoms with Crippen LogP contribution >= 0.6 is 35.3 Å². The number of thiazole rings is 1. The smallest absolute Gasteiger partial charge is 0.261 e. The first-order valence-electron chi connectivity index (χ1n) is 12.3. The molecule has 3 aromatic carbocycles. The molecule has 0 atom stereocenters. The summed E-state index contributed by atoms with van der Waals surface area (Å²) in [7, 11) is -3.69. The number of hydrogen-bond acceptors (Lipinski definition) is 7. The number of hydrogen-bond donors (Lipinski definition) is 2. The second-order valence-electron chi connectivity index (χ2n) is 9.16. The quantitative estimate of drug-likeness (QED) is 0.292. The van der Waals surface area contributed by atoms with E-state index in [0.29, 0.717) is 22.8 Å². The van der Waals surface area contributed by atoms with E-state index in [0.717, 1.165) is 53.6 Å². The summed E-state index contributed by atoms with van der Waals surface area (Å²) in [5.41, 5.74) is 2.71. The zero-order valence-electron chi connectivity index (χ0n) is 21.3. The van der Waals surface area contributed by atoms with Gasteiger partial charge in [0.15, 0.2) is 5.13 Å². The summed E-state index contributed by atoms with van der Waals surface area (Å²) in [6.45, 7) is 6.68. The fraction of sp³-hybridized carbons (Fsp3) is 0.259. The molecule has 206 valence electrons. The molecule has 5 rings (SSSR count). The largest absolute Gasteiger partial charge is 0.351 e. The molecule has 39 heavy (non-hydrogen) atoms. The monoisotopic (exact) mass is 605 g/mol. The van der Waals surface area contributed by atoms with E-state index >= 15 is 0 Å². The molecular weight excluding hydrogens is 577 g/mol. The van der Waals surface area contributed by atoms with E-state index in [9.17, 15) is 13.2 Å². The summed E-state index contributed by atoms with van der Waals surface area (Å²) in [6, 6.07) is 18.9. The van der Waals surface area contributed by atoms with Gasteiger partial charge in [-0.25, -0.2) is 13.4 Å². The topological polar surface area (TPSA) is 94.6 Å². The lowest BCUT2D eigenvalue weighted by Gasteiger charge is -2.34. The van der Waals surface area contributed by atoms with Gasteiger partial charge in [-0.3, -0.25) is 14.4 Å². The highest BCUT2D eigenvalue weighted by Crippen LogP contribution is 2.33. The second-order valence-corrected chi connectivity index (χ2v) is 12.3. The number of aryl methyl sites for hydroxylation is 1. The van der Waals surface area contributed by atoms with E-state index in [1.54, 1.807) is 59.9 Å². The lowest BCUT2D eigenvalue weighted by atomic mass is 10.2. The third kappa shape index (κ3) is 7.01. The molecule has 8 nitrogen and oxygen atoms in total. The number of carbonyl (C=O) groups is 1. The summed E-state index contributed by atoms with van der Waals surface area (Å²) in [5.74, 6) is -0.192. The van der Waals surface area contributed by atoms with Crippen LogP contribution in [0.1, 0.15) is 15.9 Å². The van der Waals surface area contributed by atoms with Gasteiger partial charge in [-0.2, -0.15) is 0 Å². The molecule has 0 bridgehead atoms. The standard InChI is InChI=1S/C27H28ClN5O3S2.ClH/c1-19-5-11-22(12-6-19)38(35,36)31-21-9-7-20(8-10-21)26(34)29-13-14-32-15-17-33(18-16-32)27-30-25-23(28)3-2-4-24(25)37-27;/h2-12,31H,13-18H2,1H3,(H,29,34);1H. The Labute approximate surface area is 243 Å². The van der Waals surface area contributed by atoms with Crippen molar-refractivity contribution in [2.24, 2.45) is 0 Å². The highest BCUT2D eigenvalue weighted by Gasteiger charge is 2.20. The van der Waals surface area contributed by atoms with Crippen molar-refractivity contribution >= 4 is 72.3 Å². The van der Waals surface area contributed by atoms with Crippen molar-refractivity contribution in [1.82, 2.24) is 15.2 Å². The van der Waals surface area contributed by atoms with Crippen LogP contribution < -0.4 is 14.9 Å². The molecule has 0 radical (unpaired) electrons. The number of carbonyl (C=O) groups excluding carboxylic acids is 1. The van der Waals surface area contributed by atoms with Crippen LogP contribution in [0.3, 0.4) is 0 Å². The molecule has 0 saturated carbocycles. The van der Waals surface area contributed by atoms with Gasteiger partial charge < -0.3 is 10.2 Å². The number of nitrogens with one attached hydrogen (secondary N) is 2. The summed E-state index contributed by atoms with van der Waals surface area (Å²) in [4.78, 5) is 22.1. The Morgan fingerprint density at radius 2 is 1.69 bits per heavy atom. The minimum Gasteiger partial charge on any atom is -0.351 e. The number of amides is 1. The number of aromatic nitrogens is 1. The molecule has 12 heteroatoms. The Balaban J connectivity index is 0.00000353. The normalized spacial score (nSPS) is 14.2. The van der Waals surface area contributed by atoms with Crippen LogP contribution in [0.15, 0.2) is 71.6 Å². The summed E-state index contributed by atoms with van der Waals surface area (Å²) < 4.78 is 28.8. The van der Waals surface area contributed by atoms with Gasteiger partial charge in [0.05, 0.1) is 14.6 Å². The van der Waals surface area contributed by atoms with Crippen molar-refractivity contribution in [1.29, 1.82) is 0 Å². The van der Waals surface area contributed by atoms with Crippen LogP contribution in [0, 0.1) is 6.92 Å². The van der Waals surface area contributed by atoms with Crippen molar-refractivity contribution in [3.63, 3.8) is 0 Å². The number of piperazine rings is 1. The maximum absolute atomic E-state index is 12.6. The second kappa shape index (κ2) is 12.5. The van der Waals surface area contributed by atoms with E-state index in [1.165, 1.54) is 0 Å². The Kier molecular flexibility index (Phi) is 9.35. The zero-order valence-corrected chi connectivity index (χ0v) is 24.5. The third-order valence-electron chi connectivity index (χ3n) is 6.45. The molecule has 1 aliphatic heterocycles. The lowest BCUT2D eigenvalue weighted by molar-refractivity contribution is 0.0948. The Bertz CT molecular complexity index is 1540. The number of rotatable bonds is 8. The Hall–Kier alpha value is -2.89.